The molecule has 2 atom stereocenters. The number of halogens is 1. The molecule has 0 aromatic heterocycles. The van der Waals surface area contributed by atoms with Gasteiger partial charge in [0, 0.05) is 24.5 Å². The second-order valence-electron chi connectivity index (χ2n) is 6.56. The van der Waals surface area contributed by atoms with E-state index in [-0.39, 0.29) is 0 Å². The van der Waals surface area contributed by atoms with Crippen molar-refractivity contribution in [2.24, 2.45) is 0 Å². The number of hydrogen-bond acceptors (Lipinski definition) is 3. The van der Waals surface area contributed by atoms with Gasteiger partial charge in [0.05, 0.1) is 7.11 Å². The van der Waals surface area contributed by atoms with Crippen molar-refractivity contribution < 1.29 is 9.84 Å². The maximum absolute atomic E-state index is 10.2. The van der Waals surface area contributed by atoms with E-state index in [1.807, 2.05) is 18.2 Å². The first kappa shape index (κ1) is 20.6. The minimum Gasteiger partial charge on any atom is -0.508 e. The first-order chi connectivity index (χ1) is 12.6. The van der Waals surface area contributed by atoms with Crippen LogP contribution in [0.25, 0.3) is 0 Å². The fraction of sp³-hybridized carbons (Fsp3) is 0.455. The number of alkyl halides is 1. The molecule has 142 valence electrons. The monoisotopic (exact) mass is 375 g/mol. The van der Waals surface area contributed by atoms with Crippen molar-refractivity contribution in [2.45, 2.75) is 45.1 Å². The van der Waals surface area contributed by atoms with Crippen LogP contribution in [0.5, 0.6) is 11.5 Å². The first-order valence-electron chi connectivity index (χ1n) is 9.36. The number of phenols is 1. The van der Waals surface area contributed by atoms with Crippen molar-refractivity contribution in [1.82, 2.24) is 5.32 Å². The van der Waals surface area contributed by atoms with E-state index in [2.05, 4.69) is 43.4 Å². The summed E-state index contributed by atoms with van der Waals surface area (Å²) < 4.78 is 5.29. The summed E-state index contributed by atoms with van der Waals surface area (Å²) in [6.45, 7) is 5.82. The minimum atomic E-state index is 0.336. The van der Waals surface area contributed by atoms with E-state index >= 15 is 0 Å². The van der Waals surface area contributed by atoms with Crippen LogP contribution in [0.15, 0.2) is 42.5 Å². The number of methoxy groups -OCH3 is 1. The molecule has 0 saturated heterocycles. The van der Waals surface area contributed by atoms with Crippen molar-refractivity contribution >= 4 is 11.6 Å². The fourth-order valence-corrected chi connectivity index (χ4v) is 3.76. The van der Waals surface area contributed by atoms with Gasteiger partial charge in [0.2, 0.25) is 0 Å². The van der Waals surface area contributed by atoms with Crippen LogP contribution in [-0.2, 0) is 6.54 Å². The van der Waals surface area contributed by atoms with Crippen molar-refractivity contribution in [2.75, 3.05) is 19.5 Å². The minimum absolute atomic E-state index is 0.336. The SMILES string of the molecule is CC[C@@H](c1ccc(OC)cc1)[C@@H](CC)c1ccc(O)c(CNCCCl)c1. The lowest BCUT2D eigenvalue weighted by Gasteiger charge is -2.27. The highest BCUT2D eigenvalue weighted by molar-refractivity contribution is 6.18. The molecule has 26 heavy (non-hydrogen) atoms. The average Bonchev–Trinajstić information content (AvgIpc) is 2.68. The summed E-state index contributed by atoms with van der Waals surface area (Å²) in [5, 5.41) is 13.4. The van der Waals surface area contributed by atoms with Gasteiger partial charge in [-0.05, 0) is 54.0 Å². The highest BCUT2D eigenvalue weighted by Crippen LogP contribution is 2.39. The molecule has 0 bridgehead atoms. The quantitative estimate of drug-likeness (QED) is 0.430. The number of aromatic hydroxyl groups is 1. The molecule has 0 fully saturated rings. The molecule has 0 unspecified atom stereocenters. The summed E-state index contributed by atoms with van der Waals surface area (Å²) in [6.07, 6.45) is 2.11. The fourth-order valence-electron chi connectivity index (χ4n) is 3.62. The summed E-state index contributed by atoms with van der Waals surface area (Å²) >= 11 is 5.73. The molecule has 0 amide bonds. The van der Waals surface area contributed by atoms with E-state index in [9.17, 15) is 5.11 Å². The lowest BCUT2D eigenvalue weighted by atomic mass is 9.78. The molecular formula is C22H30ClNO2. The number of phenolic OH excluding ortho intramolecular Hbond substituents is 1. The molecule has 2 aromatic carbocycles. The van der Waals surface area contributed by atoms with Crippen LogP contribution in [-0.4, -0.2) is 24.6 Å². The normalized spacial score (nSPS) is 13.4. The topological polar surface area (TPSA) is 41.5 Å². The van der Waals surface area contributed by atoms with Gasteiger partial charge in [-0.1, -0.05) is 38.1 Å². The Balaban J connectivity index is 2.27. The second-order valence-corrected chi connectivity index (χ2v) is 6.93. The van der Waals surface area contributed by atoms with Crippen molar-refractivity contribution in [3.63, 3.8) is 0 Å². The zero-order valence-corrected chi connectivity index (χ0v) is 16.7. The van der Waals surface area contributed by atoms with E-state index in [1.165, 1.54) is 11.1 Å². The van der Waals surface area contributed by atoms with Crippen molar-refractivity contribution in [3.8, 4) is 11.5 Å². The van der Waals surface area contributed by atoms with Crippen LogP contribution >= 0.6 is 11.6 Å². The molecule has 2 rings (SSSR count). The number of benzene rings is 2. The Morgan fingerprint density at radius 2 is 1.62 bits per heavy atom. The molecule has 2 N–H and O–H groups in total. The molecule has 0 heterocycles. The zero-order chi connectivity index (χ0) is 18.9. The second kappa shape index (κ2) is 10.4. The molecule has 0 aliphatic rings. The van der Waals surface area contributed by atoms with Gasteiger partial charge in [-0.25, -0.2) is 0 Å². The van der Waals surface area contributed by atoms with Crippen LogP contribution in [0.1, 0.15) is 55.2 Å². The Hall–Kier alpha value is -1.71. The Bertz CT molecular complexity index is 672. The van der Waals surface area contributed by atoms with Gasteiger partial charge in [-0.2, -0.15) is 0 Å². The van der Waals surface area contributed by atoms with E-state index in [1.54, 1.807) is 7.11 Å². The molecule has 4 heteroatoms. The third-order valence-corrected chi connectivity index (χ3v) is 5.22. The summed E-state index contributed by atoms with van der Waals surface area (Å²) in [6, 6.07) is 14.4. The molecule has 0 aliphatic heterocycles. The smallest absolute Gasteiger partial charge is 0.120 e. The summed E-state index contributed by atoms with van der Waals surface area (Å²) in [7, 11) is 1.69. The molecule has 0 radical (unpaired) electrons. The van der Waals surface area contributed by atoms with Crippen LogP contribution < -0.4 is 10.1 Å². The van der Waals surface area contributed by atoms with Gasteiger partial charge in [0.15, 0.2) is 0 Å². The van der Waals surface area contributed by atoms with E-state index in [0.29, 0.717) is 30.0 Å². The molecule has 2 aromatic rings. The highest BCUT2D eigenvalue weighted by atomic mass is 35.5. The third kappa shape index (κ3) is 5.15. The Kier molecular flexibility index (Phi) is 8.27. The lowest BCUT2D eigenvalue weighted by Crippen LogP contribution is -2.16. The Morgan fingerprint density at radius 1 is 1.00 bits per heavy atom. The van der Waals surface area contributed by atoms with Crippen LogP contribution in [0.4, 0.5) is 0 Å². The van der Waals surface area contributed by atoms with Crippen LogP contribution in [0, 0.1) is 0 Å². The van der Waals surface area contributed by atoms with Gasteiger partial charge in [-0.15, -0.1) is 11.6 Å². The highest BCUT2D eigenvalue weighted by Gasteiger charge is 2.23. The number of ether oxygens (including phenoxy) is 1. The molecule has 3 nitrogen and oxygen atoms in total. The average molecular weight is 376 g/mol. The lowest BCUT2D eigenvalue weighted by molar-refractivity contribution is 0.414. The summed E-state index contributed by atoms with van der Waals surface area (Å²) in [5.41, 5.74) is 3.53. The summed E-state index contributed by atoms with van der Waals surface area (Å²) in [4.78, 5) is 0. The van der Waals surface area contributed by atoms with Gasteiger partial charge < -0.3 is 15.2 Å². The van der Waals surface area contributed by atoms with Crippen molar-refractivity contribution in [1.29, 1.82) is 0 Å². The maximum Gasteiger partial charge on any atom is 0.120 e. The largest absolute Gasteiger partial charge is 0.508 e. The van der Waals surface area contributed by atoms with E-state index < -0.39 is 0 Å². The Morgan fingerprint density at radius 3 is 2.19 bits per heavy atom. The maximum atomic E-state index is 10.2. The van der Waals surface area contributed by atoms with Gasteiger partial charge in [-0.3, -0.25) is 0 Å². The molecule has 0 spiro atoms. The van der Waals surface area contributed by atoms with Crippen molar-refractivity contribution in [3.05, 3.63) is 59.2 Å². The number of nitrogens with one attached hydrogen (secondary N) is 1. The summed E-state index contributed by atoms with van der Waals surface area (Å²) in [5.74, 6) is 2.62. The molecule has 0 saturated carbocycles. The predicted molar refractivity (Wildman–Crippen MR) is 110 cm³/mol. The Labute approximate surface area is 162 Å². The number of rotatable bonds is 10. The molecule has 0 aliphatic carbocycles. The molecular weight excluding hydrogens is 346 g/mol. The third-order valence-electron chi connectivity index (χ3n) is 5.03. The van der Waals surface area contributed by atoms with E-state index in [0.717, 1.165) is 30.7 Å². The van der Waals surface area contributed by atoms with Gasteiger partial charge >= 0.3 is 0 Å². The van der Waals surface area contributed by atoms with E-state index in [4.69, 9.17) is 16.3 Å². The van der Waals surface area contributed by atoms with Crippen LogP contribution in [0.3, 0.4) is 0 Å². The number of hydrogen-bond donors (Lipinski definition) is 2. The standard InChI is InChI=1S/C22H30ClNO2/c1-4-20(16-6-9-19(26-3)10-7-16)21(5-2)17-8-11-22(25)18(14-17)15-24-13-12-23/h6-11,14,20-21,24-25H,4-5,12-13,15H2,1-3H3/t20-,21-/m0/s1. The first-order valence-corrected chi connectivity index (χ1v) is 9.90. The zero-order valence-electron chi connectivity index (χ0n) is 16.0. The van der Waals surface area contributed by atoms with Crippen LogP contribution in [0.2, 0.25) is 0 Å². The predicted octanol–water partition coefficient (Wildman–Crippen LogP) is 5.42. The van der Waals surface area contributed by atoms with Gasteiger partial charge in [0.25, 0.3) is 0 Å². The van der Waals surface area contributed by atoms with Gasteiger partial charge in [0.1, 0.15) is 11.5 Å².